The summed E-state index contributed by atoms with van der Waals surface area (Å²) in [6.07, 6.45) is -7.14. The molecule has 0 bridgehead atoms. The van der Waals surface area contributed by atoms with Gasteiger partial charge in [0.1, 0.15) is 11.8 Å². The first-order valence-electron chi connectivity index (χ1n) is 10.9. The summed E-state index contributed by atoms with van der Waals surface area (Å²) in [5, 5.41) is 21.9. The zero-order valence-electron chi connectivity index (χ0n) is 19.5. The molecule has 1 N–H and O–H groups in total. The number of hydrogen-bond acceptors (Lipinski definition) is 5. The number of benzene rings is 1. The third-order valence-electron chi connectivity index (χ3n) is 6.07. The number of alkyl halides is 6. The Labute approximate surface area is 206 Å². The van der Waals surface area contributed by atoms with Crippen LogP contribution in [0.1, 0.15) is 46.3 Å². The molecule has 12 heteroatoms. The second kappa shape index (κ2) is 9.15. The summed E-state index contributed by atoms with van der Waals surface area (Å²) in [6, 6.07) is 7.81. The average molecular weight is 519 g/mol. The number of rotatable bonds is 5. The van der Waals surface area contributed by atoms with Crippen molar-refractivity contribution < 1.29 is 31.4 Å². The van der Waals surface area contributed by atoms with Crippen molar-refractivity contribution >= 4 is 10.9 Å². The molecule has 37 heavy (non-hydrogen) atoms. The van der Waals surface area contributed by atoms with Gasteiger partial charge >= 0.3 is 12.4 Å². The molecule has 0 aliphatic carbocycles. The van der Waals surface area contributed by atoms with Crippen LogP contribution in [0.2, 0.25) is 0 Å². The van der Waals surface area contributed by atoms with Gasteiger partial charge in [0.05, 0.1) is 35.7 Å². The number of aromatic nitrogens is 4. The number of pyridine rings is 2. The topological polar surface area (TPSA) is 87.6 Å². The summed E-state index contributed by atoms with van der Waals surface area (Å²) < 4.78 is 81.8. The van der Waals surface area contributed by atoms with Crippen molar-refractivity contribution in [3.8, 4) is 6.07 Å². The molecule has 0 aliphatic rings. The highest BCUT2D eigenvalue weighted by Gasteiger charge is 2.40. The molecular weight excluding hydrogens is 500 g/mol. The van der Waals surface area contributed by atoms with Crippen LogP contribution in [0.25, 0.3) is 10.9 Å². The lowest BCUT2D eigenvalue weighted by Crippen LogP contribution is -2.32. The molecule has 0 aliphatic heterocycles. The van der Waals surface area contributed by atoms with Crippen LogP contribution in [-0.2, 0) is 31.7 Å². The Balaban J connectivity index is 2.04. The highest BCUT2D eigenvalue weighted by Crippen LogP contribution is 2.40. The van der Waals surface area contributed by atoms with Crippen molar-refractivity contribution in [2.45, 2.75) is 37.7 Å². The Hall–Kier alpha value is -3.98. The van der Waals surface area contributed by atoms with E-state index >= 15 is 0 Å². The van der Waals surface area contributed by atoms with Crippen molar-refractivity contribution in [2.75, 3.05) is 0 Å². The van der Waals surface area contributed by atoms with Gasteiger partial charge in [0.25, 0.3) is 0 Å². The lowest BCUT2D eigenvalue weighted by molar-refractivity contribution is -0.141. The van der Waals surface area contributed by atoms with Gasteiger partial charge in [0.2, 0.25) is 0 Å². The molecule has 0 fully saturated rings. The standard InChI is InChI=1S/C25H19F6N5O/c1-3-19-17(10-23(26,27)28)18(11-32)16-8-14(4-5-20(16)35-19)24(37,22-12-33-13-36(22)2)15-6-7-34-21(9-15)25(29,30)31/h4-9,12-13,37H,3,10H2,1-2H3. The molecule has 0 saturated heterocycles. The van der Waals surface area contributed by atoms with Crippen LogP contribution in [0.4, 0.5) is 26.3 Å². The normalized spacial score (nSPS) is 13.9. The fraction of sp³-hybridized carbons (Fsp3) is 0.280. The molecule has 0 saturated carbocycles. The second-order valence-corrected chi connectivity index (χ2v) is 8.43. The molecule has 3 aromatic heterocycles. The highest BCUT2D eigenvalue weighted by atomic mass is 19.4. The molecule has 1 atom stereocenters. The quantitative estimate of drug-likeness (QED) is 0.366. The van der Waals surface area contributed by atoms with Crippen LogP contribution in [-0.4, -0.2) is 30.8 Å². The zero-order chi connectivity index (χ0) is 27.2. The van der Waals surface area contributed by atoms with Crippen molar-refractivity contribution in [1.82, 2.24) is 19.5 Å². The van der Waals surface area contributed by atoms with E-state index in [4.69, 9.17) is 0 Å². The fourth-order valence-corrected chi connectivity index (χ4v) is 4.37. The molecule has 1 unspecified atom stereocenters. The van der Waals surface area contributed by atoms with Gasteiger partial charge in [-0.1, -0.05) is 13.0 Å². The lowest BCUT2D eigenvalue weighted by Gasteiger charge is -2.30. The summed E-state index contributed by atoms with van der Waals surface area (Å²) in [7, 11) is 1.53. The number of imidazole rings is 1. The van der Waals surface area contributed by atoms with Crippen molar-refractivity contribution in [1.29, 1.82) is 5.26 Å². The Morgan fingerprint density at radius 1 is 1.05 bits per heavy atom. The van der Waals surface area contributed by atoms with E-state index in [1.165, 1.54) is 48.4 Å². The fourth-order valence-electron chi connectivity index (χ4n) is 4.37. The number of nitrogens with zero attached hydrogens (tertiary/aromatic N) is 5. The Morgan fingerprint density at radius 3 is 2.32 bits per heavy atom. The number of halogens is 6. The molecule has 6 nitrogen and oxygen atoms in total. The molecule has 4 rings (SSSR count). The number of nitriles is 1. The van der Waals surface area contributed by atoms with Crippen LogP contribution >= 0.6 is 0 Å². The summed E-state index contributed by atoms with van der Waals surface area (Å²) in [5.41, 5.74) is -3.82. The van der Waals surface area contributed by atoms with E-state index in [0.29, 0.717) is 6.07 Å². The molecule has 1 aromatic carbocycles. The summed E-state index contributed by atoms with van der Waals surface area (Å²) >= 11 is 0. The SMILES string of the molecule is CCc1nc2ccc(C(O)(c3ccnc(C(F)(F)F)c3)c3cncn3C)cc2c(C#N)c1CC(F)(F)F. The Morgan fingerprint density at radius 2 is 1.76 bits per heavy atom. The van der Waals surface area contributed by atoms with Crippen LogP contribution in [0.15, 0.2) is 49.1 Å². The van der Waals surface area contributed by atoms with Crippen molar-refractivity contribution in [3.05, 3.63) is 88.4 Å². The predicted molar refractivity (Wildman–Crippen MR) is 120 cm³/mol. The predicted octanol–water partition coefficient (Wildman–Crippen LogP) is 5.21. The van der Waals surface area contributed by atoms with Crippen LogP contribution in [0, 0.1) is 11.3 Å². The van der Waals surface area contributed by atoms with E-state index in [1.54, 1.807) is 6.92 Å². The maximum absolute atomic E-state index is 13.4. The van der Waals surface area contributed by atoms with Gasteiger partial charge < -0.3 is 9.67 Å². The van der Waals surface area contributed by atoms with Gasteiger partial charge in [0.15, 0.2) is 5.60 Å². The van der Waals surface area contributed by atoms with E-state index < -0.39 is 30.1 Å². The first-order valence-corrected chi connectivity index (χ1v) is 10.9. The van der Waals surface area contributed by atoms with E-state index in [0.717, 1.165) is 6.20 Å². The maximum atomic E-state index is 13.4. The zero-order valence-corrected chi connectivity index (χ0v) is 19.5. The second-order valence-electron chi connectivity index (χ2n) is 8.43. The van der Waals surface area contributed by atoms with Crippen LogP contribution in [0.5, 0.6) is 0 Å². The third kappa shape index (κ3) is 4.74. The van der Waals surface area contributed by atoms with Gasteiger partial charge in [0, 0.05) is 29.9 Å². The van der Waals surface area contributed by atoms with Crippen molar-refractivity contribution in [3.63, 3.8) is 0 Å². The number of fused-ring (bicyclic) bond motifs is 1. The molecular formula is C25H19F6N5O. The van der Waals surface area contributed by atoms with Gasteiger partial charge in [-0.3, -0.25) is 9.97 Å². The van der Waals surface area contributed by atoms with E-state index in [1.807, 2.05) is 6.07 Å². The monoisotopic (exact) mass is 519 g/mol. The number of aryl methyl sites for hydroxylation is 2. The summed E-state index contributed by atoms with van der Waals surface area (Å²) in [5.74, 6) is 0. The van der Waals surface area contributed by atoms with Crippen LogP contribution < -0.4 is 0 Å². The molecule has 0 radical (unpaired) electrons. The van der Waals surface area contributed by atoms with Crippen molar-refractivity contribution in [2.24, 2.45) is 7.05 Å². The van der Waals surface area contributed by atoms with Gasteiger partial charge in [-0.05, 0) is 41.8 Å². The number of aliphatic hydroxyl groups is 1. The van der Waals surface area contributed by atoms with E-state index in [2.05, 4.69) is 15.0 Å². The molecule has 0 spiro atoms. The van der Waals surface area contributed by atoms with Gasteiger partial charge in [-0.25, -0.2) is 4.98 Å². The molecule has 4 aromatic rings. The summed E-state index contributed by atoms with van der Waals surface area (Å²) in [6.45, 7) is 1.62. The first-order chi connectivity index (χ1) is 17.3. The lowest BCUT2D eigenvalue weighted by atomic mass is 9.82. The molecule has 0 amide bonds. The first kappa shape index (κ1) is 26.1. The minimum atomic E-state index is -4.80. The average Bonchev–Trinajstić information content (AvgIpc) is 3.27. The summed E-state index contributed by atoms with van der Waals surface area (Å²) in [4.78, 5) is 11.6. The smallest absolute Gasteiger partial charge is 0.374 e. The molecule has 3 heterocycles. The minimum Gasteiger partial charge on any atom is -0.374 e. The van der Waals surface area contributed by atoms with E-state index in [9.17, 15) is 36.7 Å². The van der Waals surface area contributed by atoms with Crippen LogP contribution in [0.3, 0.4) is 0 Å². The van der Waals surface area contributed by atoms with Gasteiger partial charge in [-0.2, -0.15) is 31.6 Å². The molecule has 192 valence electrons. The largest absolute Gasteiger partial charge is 0.433 e. The van der Waals surface area contributed by atoms with Gasteiger partial charge in [-0.15, -0.1) is 0 Å². The Kier molecular flexibility index (Phi) is 6.45. The van der Waals surface area contributed by atoms with E-state index in [-0.39, 0.29) is 51.0 Å². The third-order valence-corrected chi connectivity index (χ3v) is 6.07. The highest BCUT2D eigenvalue weighted by molar-refractivity contribution is 5.87. The minimum absolute atomic E-state index is 0.00318. The Bertz CT molecular complexity index is 1520. The maximum Gasteiger partial charge on any atom is 0.433 e. The number of hydrogen-bond donors (Lipinski definition) is 1.